The smallest absolute Gasteiger partial charge is 0.345 e. The first-order valence-electron chi connectivity index (χ1n) is 9.42. The molecule has 158 valence electrons. The summed E-state index contributed by atoms with van der Waals surface area (Å²) in [5, 5.41) is 0. The third-order valence-corrected chi connectivity index (χ3v) is 6.47. The van der Waals surface area contributed by atoms with Crippen LogP contribution in [0.5, 0.6) is 5.75 Å². The third-order valence-electron chi connectivity index (χ3n) is 5.16. The zero-order valence-corrected chi connectivity index (χ0v) is 17.5. The van der Waals surface area contributed by atoms with Gasteiger partial charge >= 0.3 is 10.2 Å². The Kier molecular flexibility index (Phi) is 5.25. The summed E-state index contributed by atoms with van der Waals surface area (Å²) in [5.74, 6) is 0.704. The van der Waals surface area contributed by atoms with Crippen LogP contribution in [0.15, 0.2) is 63.2 Å². The van der Waals surface area contributed by atoms with Crippen LogP contribution in [0.3, 0.4) is 0 Å². The monoisotopic (exact) mass is 430 g/mol. The van der Waals surface area contributed by atoms with Crippen molar-refractivity contribution in [3.8, 4) is 5.75 Å². The van der Waals surface area contributed by atoms with E-state index in [2.05, 4.69) is 9.30 Å². The molecule has 0 spiro atoms. The minimum Gasteiger partial charge on any atom is -0.495 e. The first kappa shape index (κ1) is 20.0. The fraction of sp³-hybridized carbons (Fsp3) is 0.300. The van der Waals surface area contributed by atoms with Gasteiger partial charge in [0.2, 0.25) is 0 Å². The molecule has 0 unspecified atom stereocenters. The topological polar surface area (TPSA) is 95.7 Å². The minimum atomic E-state index is -4.01. The largest absolute Gasteiger partial charge is 0.495 e. The van der Waals surface area contributed by atoms with E-state index < -0.39 is 10.2 Å². The van der Waals surface area contributed by atoms with E-state index in [4.69, 9.17) is 9.15 Å². The summed E-state index contributed by atoms with van der Waals surface area (Å²) in [7, 11) is -1.06. The van der Waals surface area contributed by atoms with Crippen molar-refractivity contribution in [2.45, 2.75) is 0 Å². The molecule has 10 heteroatoms. The molecule has 0 N–H and O–H groups in total. The molecule has 0 aliphatic carbocycles. The Balaban J connectivity index is 1.53. The van der Waals surface area contributed by atoms with Crippen molar-refractivity contribution >= 4 is 27.5 Å². The molecule has 9 nitrogen and oxygen atoms in total. The summed E-state index contributed by atoms with van der Waals surface area (Å²) in [4.78, 5) is 17.0. The van der Waals surface area contributed by atoms with Crippen LogP contribution in [0, 0.1) is 0 Å². The number of anilines is 1. The van der Waals surface area contributed by atoms with Crippen molar-refractivity contribution < 1.29 is 22.4 Å². The summed E-state index contributed by atoms with van der Waals surface area (Å²) in [6.07, 6.45) is 2.88. The number of furan rings is 1. The van der Waals surface area contributed by atoms with Crippen LogP contribution >= 0.6 is 0 Å². The number of allylic oxidation sites excluding steroid dienone is 1. The number of methoxy groups -OCH3 is 1. The number of hydrogen-bond donors (Lipinski definition) is 0. The van der Waals surface area contributed by atoms with Crippen molar-refractivity contribution in [1.29, 1.82) is 0 Å². The average Bonchev–Trinajstić information content (AvgIpc) is 3.30. The molecule has 0 bridgehead atoms. The summed E-state index contributed by atoms with van der Waals surface area (Å²) < 4.78 is 40.2. The van der Waals surface area contributed by atoms with E-state index in [-0.39, 0.29) is 23.1 Å². The lowest BCUT2D eigenvalue weighted by Crippen LogP contribution is -2.51. The number of benzene rings is 1. The minimum absolute atomic E-state index is 0.0436. The highest BCUT2D eigenvalue weighted by Crippen LogP contribution is 2.29. The Labute approximate surface area is 175 Å². The Morgan fingerprint density at radius 1 is 1.10 bits per heavy atom. The molecule has 0 atom stereocenters. The molecule has 1 fully saturated rings. The molecule has 0 saturated carbocycles. The second-order valence-corrected chi connectivity index (χ2v) is 8.51. The number of rotatable bonds is 4. The van der Waals surface area contributed by atoms with Gasteiger partial charge in [-0.25, -0.2) is 4.31 Å². The predicted octanol–water partition coefficient (Wildman–Crippen LogP) is 1.50. The third kappa shape index (κ3) is 3.65. The molecular formula is C20H22N4O5S. The van der Waals surface area contributed by atoms with Gasteiger partial charge in [-0.1, -0.05) is 12.1 Å². The van der Waals surface area contributed by atoms with Crippen LogP contribution in [0.4, 0.5) is 5.69 Å². The van der Waals surface area contributed by atoms with Crippen LogP contribution < -0.4 is 9.64 Å². The number of carbonyl (C=O) groups excluding carboxylic acids is 1. The van der Waals surface area contributed by atoms with Crippen molar-refractivity contribution in [2.24, 2.45) is 4.40 Å². The SMILES string of the molecule is COc1ccccc1N1CCN(C(=O)C2=CC(c3ccco3)=NS(=O)(=O)N2C)CC1. The molecule has 1 aromatic heterocycles. The standard InChI is InChI=1S/C20H22N4O5S/c1-22-17(14-15(21-30(22,26)27)18-8-5-13-29-18)20(25)24-11-9-23(10-12-24)16-6-3-4-7-19(16)28-2/h3-8,13-14H,9-12H2,1-2H3. The second-order valence-electron chi connectivity index (χ2n) is 6.88. The number of piperazine rings is 1. The number of hydrogen-bond acceptors (Lipinski definition) is 6. The normalized spacial score (nSPS) is 18.7. The zero-order valence-electron chi connectivity index (χ0n) is 16.7. The predicted molar refractivity (Wildman–Crippen MR) is 112 cm³/mol. The quantitative estimate of drug-likeness (QED) is 0.730. The fourth-order valence-electron chi connectivity index (χ4n) is 3.50. The lowest BCUT2D eigenvalue weighted by Gasteiger charge is -2.37. The van der Waals surface area contributed by atoms with E-state index in [0.29, 0.717) is 26.2 Å². The summed E-state index contributed by atoms with van der Waals surface area (Å²) in [6.45, 7) is 2.12. The maximum Gasteiger partial charge on any atom is 0.345 e. The van der Waals surface area contributed by atoms with Gasteiger partial charge < -0.3 is 19.0 Å². The lowest BCUT2D eigenvalue weighted by atomic mass is 10.2. The molecule has 0 radical (unpaired) electrons. The second kappa shape index (κ2) is 7.86. The van der Waals surface area contributed by atoms with Gasteiger partial charge in [0, 0.05) is 33.2 Å². The van der Waals surface area contributed by atoms with E-state index >= 15 is 0 Å². The molecule has 2 aliphatic rings. The van der Waals surface area contributed by atoms with Gasteiger partial charge in [0.1, 0.15) is 17.2 Å². The van der Waals surface area contributed by atoms with E-state index in [0.717, 1.165) is 15.7 Å². The molecule has 2 aromatic rings. The molecular weight excluding hydrogens is 408 g/mol. The van der Waals surface area contributed by atoms with Crippen LogP contribution in [-0.2, 0) is 15.0 Å². The van der Waals surface area contributed by atoms with Crippen molar-refractivity contribution in [3.05, 3.63) is 60.2 Å². The first-order chi connectivity index (χ1) is 14.4. The highest BCUT2D eigenvalue weighted by molar-refractivity contribution is 7.88. The Morgan fingerprint density at radius 3 is 2.50 bits per heavy atom. The lowest BCUT2D eigenvalue weighted by molar-refractivity contribution is -0.128. The molecule has 1 aromatic carbocycles. The Bertz CT molecular complexity index is 1100. The van der Waals surface area contributed by atoms with Crippen molar-refractivity contribution in [2.75, 3.05) is 45.2 Å². The number of likely N-dealkylation sites (N-methyl/N-ethyl adjacent to an activating group) is 1. The Hall–Kier alpha value is -3.27. The average molecular weight is 430 g/mol. The highest BCUT2D eigenvalue weighted by Gasteiger charge is 2.34. The summed E-state index contributed by atoms with van der Waals surface area (Å²) in [5.41, 5.74) is 1.12. The van der Waals surface area contributed by atoms with E-state index in [1.54, 1.807) is 24.1 Å². The van der Waals surface area contributed by atoms with Gasteiger partial charge in [0.25, 0.3) is 5.91 Å². The van der Waals surface area contributed by atoms with Gasteiger partial charge in [-0.15, -0.1) is 4.40 Å². The highest BCUT2D eigenvalue weighted by atomic mass is 32.2. The van der Waals surface area contributed by atoms with E-state index in [9.17, 15) is 13.2 Å². The van der Waals surface area contributed by atoms with E-state index in [1.807, 2.05) is 24.3 Å². The number of amides is 1. The fourth-order valence-corrected chi connectivity index (χ4v) is 4.39. The molecule has 4 rings (SSSR count). The molecule has 1 amide bonds. The van der Waals surface area contributed by atoms with Crippen LogP contribution in [0.2, 0.25) is 0 Å². The van der Waals surface area contributed by atoms with Gasteiger partial charge in [-0.05, 0) is 30.3 Å². The van der Waals surface area contributed by atoms with E-state index in [1.165, 1.54) is 19.4 Å². The Morgan fingerprint density at radius 2 is 1.83 bits per heavy atom. The van der Waals surface area contributed by atoms with Crippen molar-refractivity contribution in [1.82, 2.24) is 9.21 Å². The molecule has 30 heavy (non-hydrogen) atoms. The molecule has 1 saturated heterocycles. The summed E-state index contributed by atoms with van der Waals surface area (Å²) >= 11 is 0. The van der Waals surface area contributed by atoms with Gasteiger partial charge in [-0.2, -0.15) is 8.42 Å². The van der Waals surface area contributed by atoms with Crippen LogP contribution in [-0.4, -0.2) is 69.6 Å². The molecule has 3 heterocycles. The zero-order chi connectivity index (χ0) is 21.3. The van der Waals surface area contributed by atoms with Gasteiger partial charge in [0.15, 0.2) is 5.76 Å². The number of nitrogens with zero attached hydrogens (tertiary/aromatic N) is 4. The maximum atomic E-state index is 13.2. The van der Waals surface area contributed by atoms with Crippen LogP contribution in [0.25, 0.3) is 0 Å². The first-order valence-corrected chi connectivity index (χ1v) is 10.8. The van der Waals surface area contributed by atoms with Gasteiger partial charge in [-0.3, -0.25) is 4.79 Å². The van der Waals surface area contributed by atoms with Crippen LogP contribution in [0.1, 0.15) is 5.76 Å². The summed E-state index contributed by atoms with van der Waals surface area (Å²) in [6, 6.07) is 11.0. The number of ether oxygens (including phenoxy) is 1. The maximum absolute atomic E-state index is 13.2. The molecule has 2 aliphatic heterocycles. The number of carbonyl (C=O) groups is 1. The van der Waals surface area contributed by atoms with Gasteiger partial charge in [0.05, 0.1) is 19.1 Å². The van der Waals surface area contributed by atoms with Crippen molar-refractivity contribution in [3.63, 3.8) is 0 Å². The number of para-hydroxylation sites is 2.